The quantitative estimate of drug-likeness (QED) is 0.197. The molecule has 6 atom stereocenters. The zero-order chi connectivity index (χ0) is 37.3. The van der Waals surface area contributed by atoms with E-state index in [1.165, 1.54) is 19.2 Å². The Bertz CT molecular complexity index is 2170. The molecule has 2 saturated heterocycles. The predicted octanol–water partition coefficient (Wildman–Crippen LogP) is 5.52. The number of imide groups is 2. The van der Waals surface area contributed by atoms with Crippen LogP contribution >= 0.6 is 23.2 Å². The molecule has 3 aromatic carbocycles. The SMILES string of the molecule is COc1ccc([C@@]23C(=O)N(Nc4ccc(Cl)cc4Cl)C(=O)[C@@H]2C[C@@H]2C(=CC[C@@H]4C(=O)N(CCC(=O)O)C(=O)[C@@H]42)[C@@H]3C2=COc3ccc(O)cc3C2)cc1. The number of carboxylic acids is 1. The first kappa shape index (κ1) is 34.7. The number of phenolic OH excluding ortho intramolecular Hbond substituents is 1. The van der Waals surface area contributed by atoms with Gasteiger partial charge in [0.1, 0.15) is 17.2 Å². The number of carbonyl (C=O) groups excluding carboxylic acids is 4. The van der Waals surface area contributed by atoms with Gasteiger partial charge in [0.05, 0.1) is 53.7 Å². The molecule has 272 valence electrons. The molecule has 0 spiro atoms. The van der Waals surface area contributed by atoms with Crippen LogP contribution in [0, 0.1) is 29.6 Å². The van der Waals surface area contributed by atoms with Crippen molar-refractivity contribution in [3.63, 3.8) is 0 Å². The summed E-state index contributed by atoms with van der Waals surface area (Å²) in [5.41, 5.74) is 4.18. The lowest BCUT2D eigenvalue weighted by Crippen LogP contribution is -2.55. The van der Waals surface area contributed by atoms with Gasteiger partial charge in [0, 0.05) is 29.5 Å². The molecule has 0 aromatic heterocycles. The number of phenols is 1. The van der Waals surface area contributed by atoms with Gasteiger partial charge >= 0.3 is 5.97 Å². The Balaban J connectivity index is 1.32. The highest BCUT2D eigenvalue weighted by Gasteiger charge is 2.70. The molecule has 4 amide bonds. The summed E-state index contributed by atoms with van der Waals surface area (Å²) in [6.45, 7) is -0.263. The van der Waals surface area contributed by atoms with Crippen LogP contribution in [0.25, 0.3) is 0 Å². The highest BCUT2D eigenvalue weighted by molar-refractivity contribution is 6.36. The van der Waals surface area contributed by atoms with Gasteiger partial charge < -0.3 is 19.7 Å². The minimum absolute atomic E-state index is 0.0245. The molecule has 5 aliphatic rings. The van der Waals surface area contributed by atoms with Crippen molar-refractivity contribution >= 4 is 58.5 Å². The van der Waals surface area contributed by atoms with Crippen molar-refractivity contribution in [1.29, 1.82) is 0 Å². The number of halogens is 2. The summed E-state index contributed by atoms with van der Waals surface area (Å²) in [5.74, 6) is -6.28. The van der Waals surface area contributed by atoms with E-state index in [4.69, 9.17) is 32.7 Å². The van der Waals surface area contributed by atoms with Crippen LogP contribution in [-0.2, 0) is 35.8 Å². The number of likely N-dealkylation sites (tertiary alicyclic amines) is 1. The van der Waals surface area contributed by atoms with E-state index in [1.807, 2.05) is 6.08 Å². The number of ether oxygens (including phenoxy) is 2. The highest BCUT2D eigenvalue weighted by Crippen LogP contribution is 2.63. The van der Waals surface area contributed by atoms with Crippen molar-refractivity contribution in [2.75, 3.05) is 19.1 Å². The van der Waals surface area contributed by atoms with Gasteiger partial charge in [0.25, 0.3) is 11.8 Å². The summed E-state index contributed by atoms with van der Waals surface area (Å²) in [4.78, 5) is 70.5. The summed E-state index contributed by atoms with van der Waals surface area (Å²) in [7, 11) is 1.52. The maximum atomic E-state index is 15.4. The number of benzene rings is 3. The molecule has 3 aromatic rings. The standard InChI is InChI=1S/C39H33Cl2N3O9/c1-52-24-6-2-21(3-7-24)39-28(36(49)44(38(39)51)42-30-10-4-22(40)16-29(30)41)17-27-25(34(39)20-14-19-15-23(45)5-11-31(19)53-18-20)8-9-26-33(27)37(50)43(35(26)48)13-12-32(46)47/h2-8,10-11,15-16,18,26-28,33-34,42,45H,9,12-14,17H2,1H3,(H,46,47)/t26-,27+,28-,33-,34-,39+/m0/s1. The molecule has 3 heterocycles. The van der Waals surface area contributed by atoms with Crippen LogP contribution in [0.3, 0.4) is 0 Å². The first-order valence-corrected chi connectivity index (χ1v) is 17.9. The number of fused-ring (bicyclic) bond motifs is 5. The molecular formula is C39H33Cl2N3O9. The minimum Gasteiger partial charge on any atom is -0.508 e. The molecule has 0 bridgehead atoms. The number of nitrogens with one attached hydrogen (secondary N) is 1. The van der Waals surface area contributed by atoms with Gasteiger partial charge in [-0.05, 0) is 78.4 Å². The fraction of sp³-hybridized carbons (Fsp3) is 0.308. The van der Waals surface area contributed by atoms with Crippen LogP contribution < -0.4 is 14.9 Å². The number of anilines is 1. The number of carboxylic acid groups (broad SMARTS) is 1. The normalized spacial score (nSPS) is 27.3. The molecule has 8 rings (SSSR count). The number of methoxy groups -OCH3 is 1. The Morgan fingerprint density at radius 3 is 2.49 bits per heavy atom. The number of aromatic hydroxyl groups is 1. The van der Waals surface area contributed by atoms with Gasteiger partial charge in [-0.25, -0.2) is 0 Å². The third-order valence-electron chi connectivity index (χ3n) is 11.4. The fourth-order valence-corrected chi connectivity index (χ4v) is 9.60. The van der Waals surface area contributed by atoms with Crippen molar-refractivity contribution in [1.82, 2.24) is 9.91 Å². The van der Waals surface area contributed by atoms with Gasteiger partial charge in [-0.1, -0.05) is 47.0 Å². The molecule has 53 heavy (non-hydrogen) atoms. The number of rotatable bonds is 8. The van der Waals surface area contributed by atoms with Gasteiger partial charge in [0.15, 0.2) is 0 Å². The van der Waals surface area contributed by atoms with Crippen LogP contribution in [0.1, 0.15) is 30.4 Å². The second-order valence-corrected chi connectivity index (χ2v) is 14.8. The van der Waals surface area contributed by atoms with Gasteiger partial charge in [-0.3, -0.25) is 34.3 Å². The average molecular weight is 759 g/mol. The maximum Gasteiger partial charge on any atom is 0.305 e. The van der Waals surface area contributed by atoms with E-state index < -0.39 is 71.0 Å². The Labute approximate surface area is 313 Å². The van der Waals surface area contributed by atoms with Crippen molar-refractivity contribution in [3.05, 3.63) is 105 Å². The number of hydrogen-bond acceptors (Lipinski definition) is 9. The lowest BCUT2D eigenvalue weighted by molar-refractivity contribution is -0.143. The predicted molar refractivity (Wildman–Crippen MR) is 191 cm³/mol. The zero-order valence-electron chi connectivity index (χ0n) is 28.3. The number of amides is 4. The maximum absolute atomic E-state index is 15.4. The van der Waals surface area contributed by atoms with Crippen LogP contribution in [0.2, 0.25) is 10.0 Å². The molecule has 2 aliphatic carbocycles. The molecular weight excluding hydrogens is 725 g/mol. The lowest BCUT2D eigenvalue weighted by Gasteiger charge is -2.51. The average Bonchev–Trinajstić information content (AvgIpc) is 3.51. The summed E-state index contributed by atoms with van der Waals surface area (Å²) in [6, 6.07) is 16.3. The second kappa shape index (κ2) is 13.0. The third kappa shape index (κ3) is 5.37. The Morgan fingerprint density at radius 2 is 1.77 bits per heavy atom. The first-order chi connectivity index (χ1) is 25.4. The summed E-state index contributed by atoms with van der Waals surface area (Å²) in [6.07, 6.45) is 3.56. The van der Waals surface area contributed by atoms with E-state index in [2.05, 4.69) is 5.43 Å². The van der Waals surface area contributed by atoms with E-state index in [0.29, 0.717) is 38.8 Å². The van der Waals surface area contributed by atoms with E-state index in [9.17, 15) is 29.4 Å². The van der Waals surface area contributed by atoms with Crippen LogP contribution in [0.4, 0.5) is 5.69 Å². The molecule has 14 heteroatoms. The molecule has 0 radical (unpaired) electrons. The minimum atomic E-state index is -1.58. The van der Waals surface area contributed by atoms with Gasteiger partial charge in [-0.15, -0.1) is 0 Å². The van der Waals surface area contributed by atoms with E-state index in [1.54, 1.807) is 54.8 Å². The zero-order valence-corrected chi connectivity index (χ0v) is 29.8. The van der Waals surface area contributed by atoms with Crippen LogP contribution in [0.15, 0.2) is 84.1 Å². The van der Waals surface area contributed by atoms with Crippen molar-refractivity contribution in [2.24, 2.45) is 29.6 Å². The Hall–Kier alpha value is -5.33. The smallest absolute Gasteiger partial charge is 0.305 e. The van der Waals surface area contributed by atoms with Gasteiger partial charge in [-0.2, -0.15) is 5.01 Å². The lowest BCUT2D eigenvalue weighted by atomic mass is 9.48. The van der Waals surface area contributed by atoms with Crippen molar-refractivity contribution in [3.8, 4) is 17.2 Å². The van der Waals surface area contributed by atoms with E-state index >= 15 is 4.79 Å². The molecule has 3 aliphatic heterocycles. The number of carbonyl (C=O) groups is 5. The van der Waals surface area contributed by atoms with E-state index in [-0.39, 0.29) is 42.3 Å². The summed E-state index contributed by atoms with van der Waals surface area (Å²) in [5, 5.41) is 21.3. The number of aliphatic carboxylic acids is 1. The molecule has 1 saturated carbocycles. The molecule has 0 unspecified atom stereocenters. The van der Waals surface area contributed by atoms with E-state index in [0.717, 1.165) is 9.91 Å². The summed E-state index contributed by atoms with van der Waals surface area (Å²) >= 11 is 12.7. The molecule has 3 N–H and O–H groups in total. The molecule has 12 nitrogen and oxygen atoms in total. The monoisotopic (exact) mass is 757 g/mol. The van der Waals surface area contributed by atoms with Crippen LogP contribution in [-0.4, -0.2) is 63.4 Å². The second-order valence-electron chi connectivity index (χ2n) is 14.0. The summed E-state index contributed by atoms with van der Waals surface area (Å²) < 4.78 is 11.6. The van der Waals surface area contributed by atoms with Crippen molar-refractivity contribution in [2.45, 2.75) is 31.1 Å². The van der Waals surface area contributed by atoms with Crippen molar-refractivity contribution < 1.29 is 43.7 Å². The fourth-order valence-electron chi connectivity index (χ4n) is 9.15. The topological polar surface area (TPSA) is 163 Å². The Morgan fingerprint density at radius 1 is 1.00 bits per heavy atom. The molecule has 3 fully saturated rings. The first-order valence-electron chi connectivity index (χ1n) is 17.1. The van der Waals surface area contributed by atoms with Gasteiger partial charge in [0.2, 0.25) is 11.8 Å². The highest BCUT2D eigenvalue weighted by atomic mass is 35.5. The van der Waals surface area contributed by atoms with Crippen LogP contribution in [0.5, 0.6) is 17.2 Å². The number of nitrogens with zero attached hydrogens (tertiary/aromatic N) is 2. The third-order valence-corrected chi connectivity index (χ3v) is 11.9. The largest absolute Gasteiger partial charge is 0.508 e. The number of hydrogen-bond donors (Lipinski definition) is 3. The Kier molecular flexibility index (Phi) is 8.49. The number of allylic oxidation sites excluding steroid dienone is 3. The number of hydrazine groups is 1.